The zero-order valence-electron chi connectivity index (χ0n) is 10.3. The first-order valence-corrected chi connectivity index (χ1v) is 8.56. The maximum Gasteiger partial charge on any atom is 0.338 e. The lowest BCUT2D eigenvalue weighted by Gasteiger charge is -2.09. The summed E-state index contributed by atoms with van der Waals surface area (Å²) in [6, 6.07) is 3.80. The van der Waals surface area contributed by atoms with Crippen molar-refractivity contribution in [2.45, 2.75) is 11.3 Å². The van der Waals surface area contributed by atoms with Crippen LogP contribution in [0.2, 0.25) is 5.02 Å². The Labute approximate surface area is 126 Å². The SMILES string of the molecule is O=C(OCC1CCOC1)c1ccc(Cl)c(S(=O)(=O)Cl)c1. The summed E-state index contributed by atoms with van der Waals surface area (Å²) in [5, 5.41) is -0.0410. The standard InChI is InChI=1S/C12H12Cl2O5S/c13-10-2-1-9(5-11(10)20(14,16)17)12(15)19-7-8-3-4-18-6-8/h1-2,5,8H,3-4,6-7H2. The van der Waals surface area contributed by atoms with Gasteiger partial charge in [0.1, 0.15) is 4.90 Å². The zero-order chi connectivity index (χ0) is 14.8. The first-order chi connectivity index (χ1) is 9.38. The molecule has 5 nitrogen and oxygen atoms in total. The Balaban J connectivity index is 2.10. The number of benzene rings is 1. The van der Waals surface area contributed by atoms with Gasteiger partial charge in [-0.15, -0.1) is 0 Å². The van der Waals surface area contributed by atoms with Crippen molar-refractivity contribution in [2.75, 3.05) is 19.8 Å². The second kappa shape index (κ2) is 6.30. The highest BCUT2D eigenvalue weighted by Gasteiger charge is 2.21. The maximum atomic E-state index is 11.8. The summed E-state index contributed by atoms with van der Waals surface area (Å²) in [6.45, 7) is 1.47. The number of rotatable bonds is 4. The van der Waals surface area contributed by atoms with Crippen molar-refractivity contribution in [1.82, 2.24) is 0 Å². The molecule has 20 heavy (non-hydrogen) atoms. The highest BCUT2D eigenvalue weighted by molar-refractivity contribution is 8.13. The molecule has 0 aromatic heterocycles. The fourth-order valence-corrected chi connectivity index (χ4v) is 3.30. The Morgan fingerprint density at radius 1 is 1.45 bits per heavy atom. The molecule has 0 spiro atoms. The average molecular weight is 339 g/mol. The van der Waals surface area contributed by atoms with Gasteiger partial charge in [-0.3, -0.25) is 0 Å². The van der Waals surface area contributed by atoms with Crippen LogP contribution in [0.5, 0.6) is 0 Å². The number of hydrogen-bond donors (Lipinski definition) is 0. The van der Waals surface area contributed by atoms with Crippen LogP contribution in [0.25, 0.3) is 0 Å². The average Bonchev–Trinajstić information content (AvgIpc) is 2.88. The summed E-state index contributed by atoms with van der Waals surface area (Å²) in [5.74, 6) is -0.433. The van der Waals surface area contributed by atoms with Crippen molar-refractivity contribution in [3.8, 4) is 0 Å². The molecule has 1 saturated heterocycles. The molecule has 0 radical (unpaired) electrons. The van der Waals surface area contributed by atoms with Gasteiger partial charge in [0.2, 0.25) is 0 Å². The van der Waals surface area contributed by atoms with Crippen LogP contribution in [-0.4, -0.2) is 34.2 Å². The van der Waals surface area contributed by atoms with E-state index in [-0.39, 0.29) is 28.0 Å². The molecular formula is C12H12Cl2O5S. The van der Waals surface area contributed by atoms with Gasteiger partial charge in [-0.05, 0) is 24.6 Å². The fourth-order valence-electron chi connectivity index (χ4n) is 1.81. The number of hydrogen-bond acceptors (Lipinski definition) is 5. The van der Waals surface area contributed by atoms with Gasteiger partial charge in [0.05, 0.1) is 23.8 Å². The van der Waals surface area contributed by atoms with E-state index in [0.29, 0.717) is 13.2 Å². The van der Waals surface area contributed by atoms with Crippen LogP contribution >= 0.6 is 22.3 Å². The van der Waals surface area contributed by atoms with Crippen LogP contribution in [0.15, 0.2) is 23.1 Å². The van der Waals surface area contributed by atoms with Crippen molar-refractivity contribution in [3.63, 3.8) is 0 Å². The van der Waals surface area contributed by atoms with E-state index < -0.39 is 15.0 Å². The summed E-state index contributed by atoms with van der Waals surface area (Å²) < 4.78 is 32.9. The molecule has 0 bridgehead atoms. The first-order valence-electron chi connectivity index (χ1n) is 5.87. The quantitative estimate of drug-likeness (QED) is 0.623. The van der Waals surface area contributed by atoms with Crippen LogP contribution in [0.1, 0.15) is 16.8 Å². The van der Waals surface area contributed by atoms with Gasteiger partial charge in [0.15, 0.2) is 0 Å². The molecule has 8 heteroatoms. The molecule has 0 amide bonds. The van der Waals surface area contributed by atoms with Crippen molar-refractivity contribution < 1.29 is 22.7 Å². The molecule has 0 N–H and O–H groups in total. The van der Waals surface area contributed by atoms with Crippen LogP contribution in [0.3, 0.4) is 0 Å². The lowest BCUT2D eigenvalue weighted by molar-refractivity contribution is 0.0428. The van der Waals surface area contributed by atoms with Crippen molar-refractivity contribution in [3.05, 3.63) is 28.8 Å². The van der Waals surface area contributed by atoms with Crippen molar-refractivity contribution in [1.29, 1.82) is 0 Å². The lowest BCUT2D eigenvalue weighted by atomic mass is 10.1. The summed E-state index contributed by atoms with van der Waals surface area (Å²) in [4.78, 5) is 11.5. The number of carbonyl (C=O) groups is 1. The van der Waals surface area contributed by atoms with Crippen LogP contribution in [-0.2, 0) is 18.5 Å². The molecule has 1 fully saturated rings. The van der Waals surface area contributed by atoms with E-state index in [9.17, 15) is 13.2 Å². The zero-order valence-corrected chi connectivity index (χ0v) is 12.7. The van der Waals surface area contributed by atoms with E-state index >= 15 is 0 Å². The summed E-state index contributed by atoms with van der Waals surface area (Å²) in [6.07, 6.45) is 0.842. The minimum absolute atomic E-state index is 0.0410. The van der Waals surface area contributed by atoms with E-state index in [0.717, 1.165) is 12.5 Å². The Hall–Kier alpha value is -0.820. The molecule has 1 aliphatic heterocycles. The molecule has 1 aromatic carbocycles. The van der Waals surface area contributed by atoms with E-state index in [4.69, 9.17) is 31.8 Å². The van der Waals surface area contributed by atoms with Crippen molar-refractivity contribution in [2.24, 2.45) is 5.92 Å². The molecule has 0 saturated carbocycles. The van der Waals surface area contributed by atoms with Gasteiger partial charge in [0, 0.05) is 23.2 Å². The Morgan fingerprint density at radius 3 is 2.80 bits per heavy atom. The second-order valence-corrected chi connectivity index (χ2v) is 7.35. The second-order valence-electron chi connectivity index (χ2n) is 4.41. The third-order valence-corrected chi connectivity index (χ3v) is 4.71. The number of carbonyl (C=O) groups excluding carboxylic acids is 1. The molecule has 1 aliphatic rings. The fraction of sp³-hybridized carbons (Fsp3) is 0.417. The first kappa shape index (κ1) is 15.6. The maximum absolute atomic E-state index is 11.8. The summed E-state index contributed by atoms with van der Waals surface area (Å²) in [5.41, 5.74) is 0.0903. The Kier molecular flexibility index (Phi) is 4.90. The third kappa shape index (κ3) is 3.85. The lowest BCUT2D eigenvalue weighted by Crippen LogP contribution is -2.14. The number of halogens is 2. The van der Waals surface area contributed by atoms with Gasteiger partial charge in [-0.2, -0.15) is 0 Å². The number of ether oxygens (including phenoxy) is 2. The summed E-state index contributed by atoms with van der Waals surface area (Å²) in [7, 11) is 1.23. The molecular weight excluding hydrogens is 327 g/mol. The predicted octanol–water partition coefficient (Wildman–Crippen LogP) is 2.46. The highest BCUT2D eigenvalue weighted by Crippen LogP contribution is 2.26. The van der Waals surface area contributed by atoms with E-state index in [1.54, 1.807) is 0 Å². The van der Waals surface area contributed by atoms with Gasteiger partial charge in [0.25, 0.3) is 9.05 Å². The van der Waals surface area contributed by atoms with E-state index in [1.807, 2.05) is 0 Å². The molecule has 1 aromatic rings. The van der Waals surface area contributed by atoms with Crippen LogP contribution in [0.4, 0.5) is 0 Å². The minimum atomic E-state index is -4.01. The summed E-state index contributed by atoms with van der Waals surface area (Å²) >= 11 is 5.73. The monoisotopic (exact) mass is 338 g/mol. The van der Waals surface area contributed by atoms with E-state index in [1.165, 1.54) is 12.1 Å². The number of esters is 1. The molecule has 1 heterocycles. The van der Waals surface area contributed by atoms with Gasteiger partial charge >= 0.3 is 5.97 Å². The van der Waals surface area contributed by atoms with Gasteiger partial charge < -0.3 is 9.47 Å². The third-order valence-electron chi connectivity index (χ3n) is 2.90. The molecule has 110 valence electrons. The minimum Gasteiger partial charge on any atom is -0.462 e. The van der Waals surface area contributed by atoms with Crippen LogP contribution in [0, 0.1) is 5.92 Å². The topological polar surface area (TPSA) is 69.7 Å². The molecule has 1 atom stereocenters. The Bertz CT molecular complexity index is 608. The molecule has 1 unspecified atom stereocenters. The van der Waals surface area contributed by atoms with Gasteiger partial charge in [-0.1, -0.05) is 11.6 Å². The predicted molar refractivity (Wildman–Crippen MR) is 73.7 cm³/mol. The van der Waals surface area contributed by atoms with Crippen LogP contribution < -0.4 is 0 Å². The molecule has 0 aliphatic carbocycles. The normalized spacial score (nSPS) is 19.0. The smallest absolute Gasteiger partial charge is 0.338 e. The van der Waals surface area contributed by atoms with E-state index in [2.05, 4.69) is 0 Å². The van der Waals surface area contributed by atoms with Crippen molar-refractivity contribution >= 4 is 37.3 Å². The Morgan fingerprint density at radius 2 is 2.20 bits per heavy atom. The van der Waals surface area contributed by atoms with Gasteiger partial charge in [-0.25, -0.2) is 13.2 Å². The largest absolute Gasteiger partial charge is 0.462 e. The highest BCUT2D eigenvalue weighted by atomic mass is 35.7. The molecule has 2 rings (SSSR count).